The quantitative estimate of drug-likeness (QED) is 0.353. The van der Waals surface area contributed by atoms with Crippen LogP contribution in [0.4, 0.5) is 16.3 Å². The zero-order valence-corrected chi connectivity index (χ0v) is 22.9. The van der Waals surface area contributed by atoms with Crippen molar-refractivity contribution in [1.29, 1.82) is 0 Å². The molecule has 200 valence electrons. The van der Waals surface area contributed by atoms with Gasteiger partial charge in [0.2, 0.25) is 0 Å². The molecule has 0 radical (unpaired) electrons. The Hall–Kier alpha value is -4.19. The molecule has 1 saturated heterocycles. The normalized spacial score (nSPS) is 14.1. The summed E-state index contributed by atoms with van der Waals surface area (Å²) in [6.45, 7) is 12.3. The first-order valence-corrected chi connectivity index (χ1v) is 13.2. The van der Waals surface area contributed by atoms with Crippen molar-refractivity contribution < 1.29 is 9.53 Å². The first kappa shape index (κ1) is 26.4. The topological polar surface area (TPSA) is 84.3 Å². The van der Waals surface area contributed by atoms with E-state index in [9.17, 15) is 4.79 Å². The molecular formula is C31H34N6O2. The van der Waals surface area contributed by atoms with E-state index >= 15 is 0 Å². The Bertz CT molecular complexity index is 1530. The third-order valence-electron chi connectivity index (χ3n) is 6.75. The lowest BCUT2D eigenvalue weighted by Gasteiger charge is -2.24. The van der Waals surface area contributed by atoms with E-state index in [1.165, 1.54) is 0 Å². The van der Waals surface area contributed by atoms with Crippen LogP contribution in [-0.4, -0.2) is 58.5 Å². The number of morpholine rings is 1. The fourth-order valence-corrected chi connectivity index (χ4v) is 4.58. The van der Waals surface area contributed by atoms with Crippen LogP contribution in [0.3, 0.4) is 0 Å². The van der Waals surface area contributed by atoms with Gasteiger partial charge in [0.15, 0.2) is 0 Å². The molecule has 0 unspecified atom stereocenters. The molecule has 1 aliphatic rings. The number of hydrogen-bond donors (Lipinski definition) is 2. The maximum Gasteiger partial charge on any atom is 0.324 e. The molecule has 1 aliphatic heterocycles. The number of fused-ring (bicyclic) bond motifs is 1. The van der Waals surface area contributed by atoms with Crippen LogP contribution >= 0.6 is 0 Å². The molecule has 0 bridgehead atoms. The molecule has 8 nitrogen and oxygen atoms in total. The number of benzene rings is 2. The molecule has 0 aliphatic carbocycles. The summed E-state index contributed by atoms with van der Waals surface area (Å²) in [4.78, 5) is 20.0. The van der Waals surface area contributed by atoms with Crippen LogP contribution < -0.4 is 10.6 Å². The molecular weight excluding hydrogens is 488 g/mol. The number of hydrogen-bond acceptors (Lipinski definition) is 5. The van der Waals surface area contributed by atoms with Gasteiger partial charge in [-0.15, -0.1) is 0 Å². The van der Waals surface area contributed by atoms with Gasteiger partial charge in [0.25, 0.3) is 0 Å². The number of aromatic nitrogens is 3. The fraction of sp³-hybridized carbons (Fsp3) is 0.323. The summed E-state index contributed by atoms with van der Waals surface area (Å²) >= 11 is 0. The van der Waals surface area contributed by atoms with Gasteiger partial charge in [-0.05, 0) is 42.0 Å². The second kappa shape index (κ2) is 11.3. The fourth-order valence-electron chi connectivity index (χ4n) is 4.58. The number of pyridine rings is 1. The van der Waals surface area contributed by atoms with Gasteiger partial charge in [-0.1, -0.05) is 56.9 Å². The maximum absolute atomic E-state index is 13.3. The van der Waals surface area contributed by atoms with Crippen LogP contribution in [0.25, 0.3) is 16.5 Å². The molecule has 0 spiro atoms. The van der Waals surface area contributed by atoms with Gasteiger partial charge in [0, 0.05) is 35.3 Å². The average Bonchev–Trinajstić information content (AvgIpc) is 3.35. The molecule has 39 heavy (non-hydrogen) atoms. The minimum absolute atomic E-state index is 0.229. The van der Waals surface area contributed by atoms with E-state index in [2.05, 4.69) is 58.2 Å². The van der Waals surface area contributed by atoms with Crippen LogP contribution in [0.5, 0.6) is 0 Å². The van der Waals surface area contributed by atoms with E-state index in [0.717, 1.165) is 59.6 Å². The highest BCUT2D eigenvalue weighted by Crippen LogP contribution is 2.32. The van der Waals surface area contributed by atoms with Crippen molar-refractivity contribution in [2.75, 3.05) is 43.5 Å². The Morgan fingerprint density at radius 3 is 2.49 bits per heavy atom. The van der Waals surface area contributed by atoms with Crippen molar-refractivity contribution in [1.82, 2.24) is 19.7 Å². The van der Waals surface area contributed by atoms with Crippen molar-refractivity contribution in [2.45, 2.75) is 33.1 Å². The average molecular weight is 523 g/mol. The highest BCUT2D eigenvalue weighted by atomic mass is 16.5. The lowest BCUT2D eigenvalue weighted by molar-refractivity contribution is 0.0443. The lowest BCUT2D eigenvalue weighted by Crippen LogP contribution is -2.36. The first-order chi connectivity index (χ1) is 18.8. The number of urea groups is 1. The molecule has 2 aromatic carbocycles. The van der Waals surface area contributed by atoms with E-state index in [-0.39, 0.29) is 11.4 Å². The maximum atomic E-state index is 13.3. The van der Waals surface area contributed by atoms with E-state index < -0.39 is 0 Å². The molecule has 0 atom stereocenters. The monoisotopic (exact) mass is 522 g/mol. The number of anilines is 2. The Kier molecular flexibility index (Phi) is 7.64. The lowest BCUT2D eigenvalue weighted by atomic mass is 9.89. The molecule has 4 aromatic rings. The van der Waals surface area contributed by atoms with Crippen molar-refractivity contribution in [3.05, 3.63) is 77.7 Å². The van der Waals surface area contributed by atoms with Gasteiger partial charge >= 0.3 is 6.03 Å². The third-order valence-corrected chi connectivity index (χ3v) is 6.75. The number of aryl methyl sites for hydroxylation is 1. The van der Waals surface area contributed by atoms with Gasteiger partial charge in [0.05, 0.1) is 43.5 Å². The standard InChI is InChI=1S/C31H34N6O2/c1-22-11-13-24(20-32-22)37-29(27(21-33-37)31(2,3)4)35-30(38)34-28-14-12-23(25-9-5-6-10-26(25)28)8-7-15-36-16-18-39-19-17-36/h5-6,9-14,20-21H,15-19H2,1-4H3,(H2,34,35,38). The van der Waals surface area contributed by atoms with E-state index in [1.807, 2.05) is 55.5 Å². The number of nitrogens with one attached hydrogen (secondary N) is 2. The van der Waals surface area contributed by atoms with Crippen LogP contribution in [0.2, 0.25) is 0 Å². The smallest absolute Gasteiger partial charge is 0.324 e. The summed E-state index contributed by atoms with van der Waals surface area (Å²) in [5.41, 5.74) is 4.03. The van der Waals surface area contributed by atoms with E-state index in [0.29, 0.717) is 18.1 Å². The van der Waals surface area contributed by atoms with Crippen molar-refractivity contribution in [2.24, 2.45) is 0 Å². The second-order valence-corrected chi connectivity index (χ2v) is 10.7. The molecule has 0 saturated carbocycles. The highest BCUT2D eigenvalue weighted by molar-refractivity contribution is 6.07. The second-order valence-electron chi connectivity index (χ2n) is 10.7. The van der Waals surface area contributed by atoms with Crippen LogP contribution in [0, 0.1) is 18.8 Å². The summed E-state index contributed by atoms with van der Waals surface area (Å²) in [5, 5.41) is 12.6. The van der Waals surface area contributed by atoms with Gasteiger partial charge in [0.1, 0.15) is 5.82 Å². The molecule has 8 heteroatoms. The SMILES string of the molecule is Cc1ccc(-n2ncc(C(C)(C)C)c2NC(=O)Nc2ccc(C#CCN3CCOCC3)c3ccccc23)cn1. The van der Waals surface area contributed by atoms with E-state index in [4.69, 9.17) is 4.74 Å². The van der Waals surface area contributed by atoms with E-state index in [1.54, 1.807) is 17.1 Å². The van der Waals surface area contributed by atoms with Crippen molar-refractivity contribution >= 4 is 28.3 Å². The summed E-state index contributed by atoms with van der Waals surface area (Å²) < 4.78 is 7.14. The van der Waals surface area contributed by atoms with Crippen molar-refractivity contribution in [3.8, 4) is 17.5 Å². The van der Waals surface area contributed by atoms with Crippen LogP contribution in [0.15, 0.2) is 60.9 Å². The van der Waals surface area contributed by atoms with Gasteiger partial charge < -0.3 is 10.1 Å². The summed E-state index contributed by atoms with van der Waals surface area (Å²) in [6.07, 6.45) is 3.55. The third kappa shape index (κ3) is 6.11. The number of amides is 2. The number of ether oxygens (including phenoxy) is 1. The zero-order chi connectivity index (χ0) is 27.4. The predicted molar refractivity (Wildman–Crippen MR) is 156 cm³/mol. The summed E-state index contributed by atoms with van der Waals surface area (Å²) in [6, 6.07) is 15.4. The van der Waals surface area contributed by atoms with Crippen LogP contribution in [0.1, 0.15) is 37.6 Å². The first-order valence-electron chi connectivity index (χ1n) is 13.2. The Labute approximate surface area is 229 Å². The minimum Gasteiger partial charge on any atom is -0.379 e. The molecule has 5 rings (SSSR count). The Morgan fingerprint density at radius 2 is 1.77 bits per heavy atom. The number of rotatable bonds is 4. The summed E-state index contributed by atoms with van der Waals surface area (Å²) in [5.74, 6) is 7.24. The largest absolute Gasteiger partial charge is 0.379 e. The highest BCUT2D eigenvalue weighted by Gasteiger charge is 2.25. The van der Waals surface area contributed by atoms with Gasteiger partial charge in [-0.2, -0.15) is 5.10 Å². The van der Waals surface area contributed by atoms with Crippen LogP contribution in [-0.2, 0) is 10.2 Å². The minimum atomic E-state index is -0.348. The zero-order valence-electron chi connectivity index (χ0n) is 22.9. The van der Waals surface area contributed by atoms with Gasteiger partial charge in [-0.3, -0.25) is 15.2 Å². The predicted octanol–water partition coefficient (Wildman–Crippen LogP) is 5.35. The number of nitrogens with zero attached hydrogens (tertiary/aromatic N) is 4. The van der Waals surface area contributed by atoms with Gasteiger partial charge in [-0.25, -0.2) is 9.48 Å². The number of carbonyl (C=O) groups excluding carboxylic acids is 1. The van der Waals surface area contributed by atoms with Crippen molar-refractivity contribution in [3.63, 3.8) is 0 Å². The molecule has 1 fully saturated rings. The Morgan fingerprint density at radius 1 is 1.00 bits per heavy atom. The summed E-state index contributed by atoms with van der Waals surface area (Å²) in [7, 11) is 0. The molecule has 2 amide bonds. The molecule has 2 aromatic heterocycles. The Balaban J connectivity index is 1.39. The molecule has 2 N–H and O–H groups in total. The number of carbonyl (C=O) groups is 1. The molecule has 3 heterocycles.